The van der Waals surface area contributed by atoms with E-state index in [1.807, 2.05) is 0 Å². The van der Waals surface area contributed by atoms with Crippen LogP contribution in [0.3, 0.4) is 0 Å². The predicted octanol–water partition coefficient (Wildman–Crippen LogP) is 18.9. The fourth-order valence-corrected chi connectivity index (χ4v) is 12.6. The Bertz CT molecular complexity index is 4100. The average Bonchev–Trinajstić information content (AvgIpc) is 4.03. The van der Waals surface area contributed by atoms with Crippen LogP contribution < -0.4 is 4.90 Å². The van der Waals surface area contributed by atoms with Gasteiger partial charge in [-0.05, 0) is 144 Å². The summed E-state index contributed by atoms with van der Waals surface area (Å²) < 4.78 is 6.69. The molecule has 0 saturated heterocycles. The molecule has 0 fully saturated rings. The van der Waals surface area contributed by atoms with Crippen molar-refractivity contribution in [2.75, 3.05) is 4.90 Å². The second-order valence-corrected chi connectivity index (χ2v) is 20.1. The molecule has 0 amide bonds. The van der Waals surface area contributed by atoms with E-state index in [0.29, 0.717) is 0 Å². The van der Waals surface area contributed by atoms with Gasteiger partial charge in [0.2, 0.25) is 0 Å². The molecule has 1 aromatic heterocycles. The molecule has 0 radical (unpaired) electrons. The van der Waals surface area contributed by atoms with Crippen LogP contribution >= 0.6 is 0 Å². The zero-order valence-electron chi connectivity index (χ0n) is 39.9. The summed E-state index contributed by atoms with van der Waals surface area (Å²) in [6.45, 7) is 7.15. The summed E-state index contributed by atoms with van der Waals surface area (Å²) in [6, 6.07) is 89.4. The number of nitrogens with zero attached hydrogens (tertiary/aromatic N) is 1. The first kappa shape index (κ1) is 41.3. The van der Waals surface area contributed by atoms with Crippen LogP contribution in [0.1, 0.15) is 48.6 Å². The fraction of sp³-hybridized carbons (Fsp3) is 0.0725. The summed E-state index contributed by atoms with van der Waals surface area (Å²) in [6.07, 6.45) is 0. The highest BCUT2D eigenvalue weighted by Crippen LogP contribution is 2.55. The third kappa shape index (κ3) is 6.14. The molecule has 1 atom stereocenters. The Labute approximate surface area is 414 Å². The zero-order valence-corrected chi connectivity index (χ0v) is 39.9. The molecule has 2 nitrogen and oxygen atoms in total. The lowest BCUT2D eigenvalue weighted by atomic mass is 9.74. The molecule has 0 saturated carbocycles. The lowest BCUT2D eigenvalue weighted by Gasteiger charge is -2.31. The van der Waals surface area contributed by atoms with Crippen LogP contribution in [0.2, 0.25) is 0 Å². The zero-order chi connectivity index (χ0) is 47.4. The monoisotopic (exact) mass is 907 g/mol. The summed E-state index contributed by atoms with van der Waals surface area (Å²) in [5.74, 6) is 0. The standard InChI is InChI=1S/C69H49NO/c1-68(2)61-31-13-11-27-56(61)59-30-16-29-58(66(59)68)54-25-10-9-23-51(54)45-34-37-48(38-35-45)70(50-39-41-57-55-26-12-14-32-62(55)69(3,63(57)43-50)47-20-5-4-6-21-47)49-22-15-19-46(42-49)52-28-17-33-64-65(52)60-40-36-44-18-7-8-24-53(44)67(60)71-64/h4-43H,1-3H3. The Hall–Kier alpha value is -8.72. The fourth-order valence-electron chi connectivity index (χ4n) is 12.6. The van der Waals surface area contributed by atoms with E-state index < -0.39 is 0 Å². The van der Waals surface area contributed by atoms with Crippen molar-refractivity contribution in [3.63, 3.8) is 0 Å². The lowest BCUT2D eigenvalue weighted by Crippen LogP contribution is -2.22. The highest BCUT2D eigenvalue weighted by Gasteiger charge is 2.41. The minimum absolute atomic E-state index is 0.132. The summed E-state index contributed by atoms with van der Waals surface area (Å²) in [5.41, 5.74) is 23.7. The van der Waals surface area contributed by atoms with Crippen molar-refractivity contribution in [3.05, 3.63) is 270 Å². The van der Waals surface area contributed by atoms with Gasteiger partial charge < -0.3 is 9.32 Å². The Morgan fingerprint density at radius 3 is 1.76 bits per heavy atom. The maximum Gasteiger partial charge on any atom is 0.143 e. The maximum atomic E-state index is 6.69. The summed E-state index contributed by atoms with van der Waals surface area (Å²) in [4.78, 5) is 2.44. The van der Waals surface area contributed by atoms with Crippen LogP contribution in [0.4, 0.5) is 17.1 Å². The third-order valence-corrected chi connectivity index (χ3v) is 15.9. The normalized spacial score (nSPS) is 15.1. The number of rotatable bonds is 7. The molecule has 71 heavy (non-hydrogen) atoms. The average molecular weight is 908 g/mol. The molecule has 1 unspecified atom stereocenters. The number of furan rings is 1. The predicted molar refractivity (Wildman–Crippen MR) is 297 cm³/mol. The second-order valence-electron chi connectivity index (χ2n) is 20.1. The number of fused-ring (bicyclic) bond motifs is 11. The van der Waals surface area contributed by atoms with E-state index in [1.165, 1.54) is 77.7 Å². The van der Waals surface area contributed by atoms with Crippen molar-refractivity contribution in [2.24, 2.45) is 0 Å². The van der Waals surface area contributed by atoms with E-state index in [1.54, 1.807) is 0 Å². The molecule has 14 rings (SSSR count). The SMILES string of the molecule is CC1(C)c2ccccc2-c2cccc(-c3ccccc3-c3ccc(N(c4cccc(-c5cccc6oc7c8ccccc8ccc7c56)c4)c4ccc5c(c4)C(C)(c4ccccc4)c4ccccc4-5)cc3)c21. The first-order chi connectivity index (χ1) is 34.9. The Morgan fingerprint density at radius 1 is 0.352 bits per heavy atom. The summed E-state index contributed by atoms with van der Waals surface area (Å²) >= 11 is 0. The van der Waals surface area contributed by atoms with E-state index in [9.17, 15) is 0 Å². The Morgan fingerprint density at radius 2 is 0.944 bits per heavy atom. The van der Waals surface area contributed by atoms with Crippen LogP contribution in [0.25, 0.3) is 88.3 Å². The van der Waals surface area contributed by atoms with Crippen molar-refractivity contribution in [3.8, 4) is 55.6 Å². The van der Waals surface area contributed by atoms with Crippen molar-refractivity contribution >= 4 is 49.8 Å². The van der Waals surface area contributed by atoms with Crippen LogP contribution in [0.15, 0.2) is 247 Å². The number of benzene rings is 11. The summed E-state index contributed by atoms with van der Waals surface area (Å²) in [5, 5.41) is 4.55. The maximum absolute atomic E-state index is 6.69. The molecule has 0 N–H and O–H groups in total. The molecular formula is C69H49NO. The van der Waals surface area contributed by atoms with Crippen LogP contribution in [0.5, 0.6) is 0 Å². The van der Waals surface area contributed by atoms with Gasteiger partial charge >= 0.3 is 0 Å². The van der Waals surface area contributed by atoms with Gasteiger partial charge in [-0.25, -0.2) is 0 Å². The van der Waals surface area contributed by atoms with Crippen LogP contribution in [0, 0.1) is 0 Å². The van der Waals surface area contributed by atoms with Gasteiger partial charge in [0.25, 0.3) is 0 Å². The highest BCUT2D eigenvalue weighted by molar-refractivity contribution is 6.19. The molecule has 1 heterocycles. The molecule has 2 aliphatic carbocycles. The van der Waals surface area contributed by atoms with E-state index in [-0.39, 0.29) is 10.8 Å². The van der Waals surface area contributed by atoms with Gasteiger partial charge in [-0.2, -0.15) is 0 Å². The minimum atomic E-state index is -0.347. The van der Waals surface area contributed by atoms with E-state index in [2.05, 4.69) is 268 Å². The lowest BCUT2D eigenvalue weighted by molar-refractivity contribution is 0.662. The van der Waals surface area contributed by atoms with Gasteiger partial charge in [0, 0.05) is 44.1 Å². The first-order valence-electron chi connectivity index (χ1n) is 24.8. The van der Waals surface area contributed by atoms with Gasteiger partial charge in [-0.1, -0.05) is 208 Å². The number of anilines is 3. The minimum Gasteiger partial charge on any atom is -0.455 e. The van der Waals surface area contributed by atoms with Gasteiger partial charge in [-0.15, -0.1) is 0 Å². The van der Waals surface area contributed by atoms with Gasteiger partial charge in [-0.3, -0.25) is 0 Å². The molecule has 2 heteroatoms. The van der Waals surface area contributed by atoms with Gasteiger partial charge in [0.1, 0.15) is 11.2 Å². The van der Waals surface area contributed by atoms with E-state index >= 15 is 0 Å². The molecule has 336 valence electrons. The van der Waals surface area contributed by atoms with Crippen LogP contribution in [-0.4, -0.2) is 0 Å². The van der Waals surface area contributed by atoms with Crippen molar-refractivity contribution < 1.29 is 4.42 Å². The number of hydrogen-bond acceptors (Lipinski definition) is 2. The Balaban J connectivity index is 0.933. The molecular weight excluding hydrogens is 859 g/mol. The van der Waals surface area contributed by atoms with Gasteiger partial charge in [0.05, 0.1) is 0 Å². The molecule has 11 aromatic carbocycles. The molecule has 0 spiro atoms. The molecule has 0 bridgehead atoms. The molecule has 2 aliphatic rings. The molecule has 12 aromatic rings. The van der Waals surface area contributed by atoms with Crippen molar-refractivity contribution in [1.29, 1.82) is 0 Å². The quantitative estimate of drug-likeness (QED) is 0.158. The topological polar surface area (TPSA) is 16.4 Å². The Kier molecular flexibility index (Phi) is 9.10. The van der Waals surface area contributed by atoms with E-state index in [4.69, 9.17) is 4.42 Å². The van der Waals surface area contributed by atoms with Crippen LogP contribution in [-0.2, 0) is 10.8 Å². The van der Waals surface area contributed by atoms with Gasteiger partial charge in [0.15, 0.2) is 0 Å². The largest absolute Gasteiger partial charge is 0.455 e. The second kappa shape index (κ2) is 15.7. The first-order valence-corrected chi connectivity index (χ1v) is 24.8. The highest BCUT2D eigenvalue weighted by atomic mass is 16.3. The number of hydrogen-bond donors (Lipinski definition) is 0. The summed E-state index contributed by atoms with van der Waals surface area (Å²) in [7, 11) is 0. The van der Waals surface area contributed by atoms with Crippen molar-refractivity contribution in [2.45, 2.75) is 31.6 Å². The van der Waals surface area contributed by atoms with Crippen molar-refractivity contribution in [1.82, 2.24) is 0 Å². The smallest absolute Gasteiger partial charge is 0.143 e. The third-order valence-electron chi connectivity index (χ3n) is 15.9. The van der Waals surface area contributed by atoms with E-state index in [0.717, 1.165) is 55.5 Å². The molecule has 0 aliphatic heterocycles.